The molecule has 0 amide bonds. The van der Waals surface area contributed by atoms with Gasteiger partial charge in [0.15, 0.2) is 5.82 Å². The summed E-state index contributed by atoms with van der Waals surface area (Å²) in [6.45, 7) is 2.76. The molecule has 0 aliphatic carbocycles. The van der Waals surface area contributed by atoms with Crippen molar-refractivity contribution in [3.05, 3.63) is 52.6 Å². The van der Waals surface area contributed by atoms with Gasteiger partial charge in [-0.3, -0.25) is 4.90 Å². The number of hydrogen-bond acceptors (Lipinski definition) is 5. The Morgan fingerprint density at radius 2 is 2.08 bits per heavy atom. The van der Waals surface area contributed by atoms with Gasteiger partial charge in [0.1, 0.15) is 17.7 Å². The predicted octanol–water partition coefficient (Wildman–Crippen LogP) is 3.30. The van der Waals surface area contributed by atoms with Crippen LogP contribution in [0.5, 0.6) is 0 Å². The zero-order valence-corrected chi connectivity index (χ0v) is 15.8. The van der Waals surface area contributed by atoms with Crippen LogP contribution < -0.4 is 11.1 Å². The van der Waals surface area contributed by atoms with Crippen LogP contribution in [0.2, 0.25) is 0 Å². The zero-order valence-electron chi connectivity index (χ0n) is 14.2. The summed E-state index contributed by atoms with van der Waals surface area (Å²) in [4.78, 5) is 6.73. The Kier molecular flexibility index (Phi) is 4.88. The number of aromatic nitrogens is 3. The van der Waals surface area contributed by atoms with Gasteiger partial charge >= 0.3 is 0 Å². The quantitative estimate of drug-likeness (QED) is 0.679. The van der Waals surface area contributed by atoms with Crippen LogP contribution in [0.15, 0.2) is 41.3 Å². The molecule has 0 spiro atoms. The van der Waals surface area contributed by atoms with E-state index in [2.05, 4.69) is 36.2 Å². The van der Waals surface area contributed by atoms with E-state index in [-0.39, 0.29) is 5.82 Å². The number of hydrogen-bond donors (Lipinski definition) is 2. The van der Waals surface area contributed by atoms with Crippen LogP contribution in [0, 0.1) is 5.82 Å². The molecule has 0 radical (unpaired) electrons. The third kappa shape index (κ3) is 3.58. The molecule has 2 aromatic heterocycles. The fourth-order valence-corrected chi connectivity index (χ4v) is 3.64. The molecule has 4 rings (SSSR count). The van der Waals surface area contributed by atoms with E-state index in [1.807, 2.05) is 12.3 Å². The molecule has 1 aromatic carbocycles. The smallest absolute Gasteiger partial charge is 0.158 e. The van der Waals surface area contributed by atoms with Crippen molar-refractivity contribution >= 4 is 33.0 Å². The number of nitrogens with one attached hydrogen (secondary N) is 1. The zero-order chi connectivity index (χ0) is 18.1. The van der Waals surface area contributed by atoms with Gasteiger partial charge < -0.3 is 11.1 Å². The summed E-state index contributed by atoms with van der Waals surface area (Å²) < 4.78 is 16.7. The molecule has 0 atom stereocenters. The van der Waals surface area contributed by atoms with Crippen molar-refractivity contribution in [2.24, 2.45) is 5.73 Å². The van der Waals surface area contributed by atoms with Crippen LogP contribution in [-0.4, -0.2) is 38.6 Å². The third-order valence-electron chi connectivity index (χ3n) is 4.75. The number of piperidine rings is 1. The Labute approximate surface area is 159 Å². The van der Waals surface area contributed by atoms with Gasteiger partial charge in [0.25, 0.3) is 0 Å². The normalized spacial score (nSPS) is 16.3. The largest absolute Gasteiger partial charge is 0.336 e. The number of anilines is 2. The molecule has 3 heterocycles. The molecule has 26 heavy (non-hydrogen) atoms. The number of nitrogens with zero attached hydrogens (tertiary/aromatic N) is 4. The monoisotopic (exact) mass is 418 g/mol. The van der Waals surface area contributed by atoms with Gasteiger partial charge in [-0.2, -0.15) is 5.10 Å². The first kappa shape index (κ1) is 17.4. The van der Waals surface area contributed by atoms with Gasteiger partial charge in [-0.25, -0.2) is 13.9 Å². The minimum atomic E-state index is -0.339. The highest BCUT2D eigenvalue weighted by Gasteiger charge is 2.19. The first-order valence-corrected chi connectivity index (χ1v) is 9.40. The molecule has 8 heteroatoms. The lowest BCUT2D eigenvalue weighted by molar-refractivity contribution is 0.206. The van der Waals surface area contributed by atoms with E-state index in [1.54, 1.807) is 16.6 Å². The average molecular weight is 419 g/mol. The lowest BCUT2D eigenvalue weighted by atomic mass is 10.1. The highest BCUT2D eigenvalue weighted by molar-refractivity contribution is 9.10. The topological polar surface area (TPSA) is 71.5 Å². The molecule has 1 aliphatic heterocycles. The molecule has 3 aromatic rings. The van der Waals surface area contributed by atoms with Gasteiger partial charge in [0.05, 0.1) is 5.69 Å². The molecule has 1 saturated heterocycles. The van der Waals surface area contributed by atoms with Crippen molar-refractivity contribution < 1.29 is 4.39 Å². The molecule has 3 N–H and O–H groups in total. The van der Waals surface area contributed by atoms with E-state index >= 15 is 0 Å². The first-order valence-electron chi connectivity index (χ1n) is 8.61. The van der Waals surface area contributed by atoms with E-state index in [4.69, 9.17) is 5.73 Å². The van der Waals surface area contributed by atoms with Gasteiger partial charge in [0.2, 0.25) is 0 Å². The Morgan fingerprint density at radius 1 is 1.27 bits per heavy atom. The molecule has 0 unspecified atom stereocenters. The summed E-state index contributed by atoms with van der Waals surface area (Å²) in [6.07, 6.45) is 5.40. The van der Waals surface area contributed by atoms with E-state index in [9.17, 15) is 4.39 Å². The summed E-state index contributed by atoms with van der Waals surface area (Å²) in [6, 6.07) is 7.25. The summed E-state index contributed by atoms with van der Waals surface area (Å²) >= 11 is 3.27. The highest BCUT2D eigenvalue weighted by atomic mass is 79.9. The van der Waals surface area contributed by atoms with Crippen LogP contribution in [0.1, 0.15) is 18.4 Å². The van der Waals surface area contributed by atoms with Crippen molar-refractivity contribution in [2.75, 3.05) is 18.4 Å². The number of halogens is 2. The molecule has 136 valence electrons. The SMILES string of the molecule is NC1CCN(Cc2ccn3ncnc(Nc4ccc(Br)cc4F)c23)CC1. The second kappa shape index (κ2) is 7.30. The minimum Gasteiger partial charge on any atom is -0.336 e. The Balaban J connectivity index is 1.64. The van der Waals surface area contributed by atoms with Crippen molar-refractivity contribution in [2.45, 2.75) is 25.4 Å². The van der Waals surface area contributed by atoms with E-state index in [0.717, 1.165) is 43.6 Å². The number of fused-ring (bicyclic) bond motifs is 1. The summed E-state index contributed by atoms with van der Waals surface area (Å²) in [5.41, 5.74) is 8.35. The fourth-order valence-electron chi connectivity index (χ4n) is 3.31. The predicted molar refractivity (Wildman–Crippen MR) is 103 cm³/mol. The molecule has 6 nitrogen and oxygen atoms in total. The van der Waals surface area contributed by atoms with Crippen molar-refractivity contribution in [3.63, 3.8) is 0 Å². The molecule has 0 bridgehead atoms. The lowest BCUT2D eigenvalue weighted by Crippen LogP contribution is -2.39. The maximum atomic E-state index is 14.2. The standard InChI is InChI=1S/C18H20BrFN6/c19-13-1-2-16(15(20)9-13)24-18-17-12(3-8-26(17)23-11-22-18)10-25-6-4-14(21)5-7-25/h1-3,8-9,11,14H,4-7,10,21H2,(H,22,23,24). The number of benzene rings is 1. The molecular weight excluding hydrogens is 399 g/mol. The van der Waals surface area contributed by atoms with Crippen LogP contribution >= 0.6 is 15.9 Å². The highest BCUT2D eigenvalue weighted by Crippen LogP contribution is 2.27. The van der Waals surface area contributed by atoms with Gasteiger partial charge in [-0.15, -0.1) is 0 Å². The number of nitrogens with two attached hydrogens (primary N) is 1. The molecular formula is C18H20BrFN6. The Bertz CT molecular complexity index is 919. The Morgan fingerprint density at radius 3 is 2.85 bits per heavy atom. The number of likely N-dealkylation sites (tertiary alicyclic amines) is 1. The van der Waals surface area contributed by atoms with E-state index in [0.29, 0.717) is 22.0 Å². The number of rotatable bonds is 4. The van der Waals surface area contributed by atoms with E-state index < -0.39 is 0 Å². The van der Waals surface area contributed by atoms with Gasteiger partial charge in [0, 0.05) is 23.3 Å². The molecule has 1 aliphatic rings. The van der Waals surface area contributed by atoms with Crippen molar-refractivity contribution in [1.29, 1.82) is 0 Å². The average Bonchev–Trinajstić information content (AvgIpc) is 3.03. The fraction of sp³-hybridized carbons (Fsp3) is 0.333. The second-order valence-electron chi connectivity index (χ2n) is 6.61. The maximum Gasteiger partial charge on any atom is 0.158 e. The second-order valence-corrected chi connectivity index (χ2v) is 7.52. The third-order valence-corrected chi connectivity index (χ3v) is 5.24. The Hall–Kier alpha value is -2.03. The van der Waals surface area contributed by atoms with Gasteiger partial charge in [-0.1, -0.05) is 15.9 Å². The first-order chi connectivity index (χ1) is 12.6. The van der Waals surface area contributed by atoms with Crippen LogP contribution in [0.3, 0.4) is 0 Å². The summed E-state index contributed by atoms with van der Waals surface area (Å²) in [5, 5.41) is 7.38. The van der Waals surface area contributed by atoms with Crippen LogP contribution in [-0.2, 0) is 6.54 Å². The molecule has 1 fully saturated rings. The van der Waals surface area contributed by atoms with Crippen LogP contribution in [0.25, 0.3) is 5.52 Å². The van der Waals surface area contributed by atoms with Crippen molar-refractivity contribution in [3.8, 4) is 0 Å². The van der Waals surface area contributed by atoms with Crippen molar-refractivity contribution in [1.82, 2.24) is 19.5 Å². The lowest BCUT2D eigenvalue weighted by Gasteiger charge is -2.29. The molecule has 0 saturated carbocycles. The van der Waals surface area contributed by atoms with Gasteiger partial charge in [-0.05, 0) is 55.8 Å². The summed E-state index contributed by atoms with van der Waals surface area (Å²) in [7, 11) is 0. The van der Waals surface area contributed by atoms with E-state index in [1.165, 1.54) is 12.4 Å². The van der Waals surface area contributed by atoms with Crippen LogP contribution in [0.4, 0.5) is 15.9 Å². The summed E-state index contributed by atoms with van der Waals surface area (Å²) in [5.74, 6) is 0.254. The minimum absolute atomic E-state index is 0.304. The maximum absolute atomic E-state index is 14.2.